The lowest BCUT2D eigenvalue weighted by Crippen LogP contribution is -2.29. The molecule has 0 N–H and O–H groups in total. The molecule has 5 aromatic carbocycles. The van der Waals surface area contributed by atoms with E-state index in [0.29, 0.717) is 11.1 Å². The van der Waals surface area contributed by atoms with Crippen molar-refractivity contribution in [3.05, 3.63) is 154 Å². The number of rotatable bonds is 18. The number of carbonyl (C=O) groups excluding carboxylic acids is 2. The van der Waals surface area contributed by atoms with Crippen LogP contribution in [0.5, 0.6) is 0 Å². The average molecular weight is 687 g/mol. The normalized spacial score (nSPS) is 14.3. The second kappa shape index (κ2) is 16.0. The Labute approximate surface area is 311 Å². The van der Waals surface area contributed by atoms with Gasteiger partial charge in [-0.3, -0.25) is 9.59 Å². The smallest absolute Gasteiger partial charge is 0.150 e. The highest BCUT2D eigenvalue weighted by molar-refractivity contribution is 5.93. The minimum Gasteiger partial charge on any atom is -0.298 e. The molecule has 2 aliphatic rings. The third kappa shape index (κ3) is 6.29. The Balaban J connectivity index is 1.43. The van der Waals surface area contributed by atoms with Crippen LogP contribution in [0.15, 0.2) is 109 Å². The Morgan fingerprint density at radius 3 is 1.37 bits per heavy atom. The molecule has 2 nitrogen and oxygen atoms in total. The second-order valence-electron chi connectivity index (χ2n) is 15.4. The molecule has 0 bridgehead atoms. The van der Waals surface area contributed by atoms with Gasteiger partial charge in [0.05, 0.1) is 5.41 Å². The van der Waals surface area contributed by atoms with E-state index < -0.39 is 5.41 Å². The molecule has 0 heterocycles. The molecule has 7 rings (SSSR count). The lowest BCUT2D eigenvalue weighted by atomic mass is 9.66. The highest BCUT2D eigenvalue weighted by Gasteiger charge is 2.49. The maximum atomic E-state index is 11.8. The van der Waals surface area contributed by atoms with Gasteiger partial charge in [0.1, 0.15) is 12.6 Å². The van der Waals surface area contributed by atoms with Gasteiger partial charge >= 0.3 is 0 Å². The summed E-state index contributed by atoms with van der Waals surface area (Å²) < 4.78 is 0. The minimum absolute atomic E-state index is 0.00607. The second-order valence-corrected chi connectivity index (χ2v) is 15.4. The van der Waals surface area contributed by atoms with Gasteiger partial charge in [0.25, 0.3) is 0 Å². The summed E-state index contributed by atoms with van der Waals surface area (Å²) in [6.45, 7) is 4.60. The Kier molecular flexibility index (Phi) is 11.0. The van der Waals surface area contributed by atoms with Crippen LogP contribution in [-0.2, 0) is 10.8 Å². The minimum atomic E-state index is -0.609. The molecule has 0 saturated heterocycles. The van der Waals surface area contributed by atoms with Crippen LogP contribution < -0.4 is 0 Å². The van der Waals surface area contributed by atoms with Crippen molar-refractivity contribution in [2.24, 2.45) is 0 Å². The highest BCUT2D eigenvalue weighted by Crippen LogP contribution is 2.61. The number of benzene rings is 5. The molecule has 0 atom stereocenters. The van der Waals surface area contributed by atoms with E-state index in [1.165, 1.54) is 134 Å². The maximum Gasteiger partial charge on any atom is 0.150 e. The summed E-state index contributed by atoms with van der Waals surface area (Å²) in [4.78, 5) is 23.6. The number of hydrogen-bond donors (Lipinski definition) is 0. The SMILES string of the molecule is CCCCCCCCC1(CCCCCCCC)c2ccccc2-c2cc3c(cc21)-c1ccccc1C3(c1ccc(C=O)cc1)c1ccc(C=O)cc1. The molecule has 0 aromatic heterocycles. The van der Waals surface area contributed by atoms with Crippen LogP contribution >= 0.6 is 0 Å². The number of fused-ring (bicyclic) bond motifs is 6. The van der Waals surface area contributed by atoms with E-state index in [-0.39, 0.29) is 5.41 Å². The van der Waals surface area contributed by atoms with Gasteiger partial charge in [0.2, 0.25) is 0 Å². The Morgan fingerprint density at radius 2 is 0.846 bits per heavy atom. The summed E-state index contributed by atoms with van der Waals surface area (Å²) in [5, 5.41) is 0. The van der Waals surface area contributed by atoms with Crippen molar-refractivity contribution >= 4 is 12.6 Å². The van der Waals surface area contributed by atoms with Crippen molar-refractivity contribution in [2.45, 2.75) is 115 Å². The first-order valence-electron chi connectivity index (χ1n) is 20.1. The quantitative estimate of drug-likeness (QED) is 0.0666. The van der Waals surface area contributed by atoms with E-state index in [0.717, 1.165) is 23.7 Å². The molecule has 0 fully saturated rings. The Morgan fingerprint density at radius 1 is 0.423 bits per heavy atom. The zero-order valence-electron chi connectivity index (χ0n) is 31.3. The average Bonchev–Trinajstić information content (AvgIpc) is 3.64. The lowest BCUT2D eigenvalue weighted by molar-refractivity contribution is 0.111. The van der Waals surface area contributed by atoms with Gasteiger partial charge in [0, 0.05) is 16.5 Å². The topological polar surface area (TPSA) is 34.1 Å². The van der Waals surface area contributed by atoms with E-state index in [4.69, 9.17) is 0 Å². The van der Waals surface area contributed by atoms with Crippen LogP contribution in [0, 0.1) is 0 Å². The van der Waals surface area contributed by atoms with Gasteiger partial charge in [-0.05, 0) is 80.6 Å². The van der Waals surface area contributed by atoms with Crippen LogP contribution in [0.25, 0.3) is 22.3 Å². The molecular formula is C50H54O2. The molecule has 52 heavy (non-hydrogen) atoms. The third-order valence-corrected chi connectivity index (χ3v) is 12.3. The van der Waals surface area contributed by atoms with Gasteiger partial charge in [-0.2, -0.15) is 0 Å². The summed E-state index contributed by atoms with van der Waals surface area (Å²) in [5.74, 6) is 0. The van der Waals surface area contributed by atoms with E-state index in [1.54, 1.807) is 0 Å². The molecule has 0 aliphatic heterocycles. The molecule has 2 aliphatic carbocycles. The molecule has 2 heteroatoms. The van der Waals surface area contributed by atoms with Crippen molar-refractivity contribution in [2.75, 3.05) is 0 Å². The predicted molar refractivity (Wildman–Crippen MR) is 217 cm³/mol. The van der Waals surface area contributed by atoms with Crippen molar-refractivity contribution < 1.29 is 9.59 Å². The molecule has 266 valence electrons. The summed E-state index contributed by atoms with van der Waals surface area (Å²) in [6.07, 6.45) is 19.8. The first-order valence-corrected chi connectivity index (χ1v) is 20.1. The fraction of sp³-hybridized carbons (Fsp3) is 0.360. The van der Waals surface area contributed by atoms with Gasteiger partial charge in [-0.15, -0.1) is 0 Å². The molecule has 0 radical (unpaired) electrons. The zero-order chi connectivity index (χ0) is 36.0. The first-order chi connectivity index (χ1) is 25.6. The Bertz CT molecular complexity index is 1930. The zero-order valence-corrected chi connectivity index (χ0v) is 31.3. The lowest BCUT2D eigenvalue weighted by Gasteiger charge is -2.35. The van der Waals surface area contributed by atoms with Crippen LogP contribution in [0.1, 0.15) is 158 Å². The van der Waals surface area contributed by atoms with Crippen molar-refractivity contribution in [3.63, 3.8) is 0 Å². The van der Waals surface area contributed by atoms with E-state index in [2.05, 4.69) is 98.8 Å². The van der Waals surface area contributed by atoms with Gasteiger partial charge in [0.15, 0.2) is 0 Å². The van der Waals surface area contributed by atoms with Crippen LogP contribution in [0.2, 0.25) is 0 Å². The standard InChI is InChI=1S/C50H54O2/c1-3-5-7-9-11-17-31-49(32-18-12-10-8-6-4-2)45-21-15-13-19-41(45)43-34-48-44(33-47(43)49)42-20-14-16-22-46(42)50(48,39-27-23-37(35-51)24-28-39)40-29-25-38(36-52)26-30-40/h13-16,19-30,33-36H,3-12,17-18,31-32H2,1-2H3. The maximum absolute atomic E-state index is 11.8. The van der Waals surface area contributed by atoms with Crippen LogP contribution in [0.3, 0.4) is 0 Å². The van der Waals surface area contributed by atoms with Gasteiger partial charge in [-0.25, -0.2) is 0 Å². The fourth-order valence-corrected chi connectivity index (χ4v) is 9.71. The van der Waals surface area contributed by atoms with Gasteiger partial charge in [-0.1, -0.05) is 188 Å². The van der Waals surface area contributed by atoms with Crippen molar-refractivity contribution in [3.8, 4) is 22.3 Å². The van der Waals surface area contributed by atoms with Crippen molar-refractivity contribution in [1.82, 2.24) is 0 Å². The summed E-state index contributed by atoms with van der Waals surface area (Å²) in [6, 6.07) is 39.6. The summed E-state index contributed by atoms with van der Waals surface area (Å²) in [5.41, 5.74) is 13.8. The predicted octanol–water partition coefficient (Wildman–Crippen LogP) is 13.4. The number of hydrogen-bond acceptors (Lipinski definition) is 2. The molecular weight excluding hydrogens is 633 g/mol. The highest BCUT2D eigenvalue weighted by atomic mass is 16.1. The molecule has 0 spiro atoms. The molecule has 0 saturated carbocycles. The molecule has 0 unspecified atom stereocenters. The van der Waals surface area contributed by atoms with Crippen molar-refractivity contribution in [1.29, 1.82) is 0 Å². The third-order valence-electron chi connectivity index (χ3n) is 12.3. The van der Waals surface area contributed by atoms with E-state index in [9.17, 15) is 9.59 Å². The van der Waals surface area contributed by atoms with E-state index >= 15 is 0 Å². The molecule has 0 amide bonds. The molecule has 5 aromatic rings. The van der Waals surface area contributed by atoms with Crippen LogP contribution in [-0.4, -0.2) is 12.6 Å². The number of unbranched alkanes of at least 4 members (excludes halogenated alkanes) is 10. The number of aldehydes is 2. The Hall–Kier alpha value is -4.56. The summed E-state index contributed by atoms with van der Waals surface area (Å²) >= 11 is 0. The van der Waals surface area contributed by atoms with Gasteiger partial charge < -0.3 is 0 Å². The summed E-state index contributed by atoms with van der Waals surface area (Å²) in [7, 11) is 0. The fourth-order valence-electron chi connectivity index (χ4n) is 9.71. The largest absolute Gasteiger partial charge is 0.298 e. The van der Waals surface area contributed by atoms with E-state index in [1.807, 2.05) is 24.3 Å². The first kappa shape index (κ1) is 35.8. The monoisotopic (exact) mass is 686 g/mol. The number of carbonyl (C=O) groups is 2. The van der Waals surface area contributed by atoms with Crippen LogP contribution in [0.4, 0.5) is 0 Å².